The van der Waals surface area contributed by atoms with Crippen molar-refractivity contribution in [1.82, 2.24) is 10.3 Å². The summed E-state index contributed by atoms with van der Waals surface area (Å²) in [6.07, 6.45) is 2.46. The molecule has 12 heavy (non-hydrogen) atoms. The summed E-state index contributed by atoms with van der Waals surface area (Å²) in [6.45, 7) is 0.611. The zero-order valence-corrected chi connectivity index (χ0v) is 6.15. The molecule has 62 valence electrons. The third kappa shape index (κ3) is 0.969. The van der Waals surface area contributed by atoms with Crippen LogP contribution >= 0.6 is 0 Å². The van der Waals surface area contributed by atoms with Gasteiger partial charge in [-0.1, -0.05) is 0 Å². The van der Waals surface area contributed by atoms with Gasteiger partial charge in [0.1, 0.15) is 0 Å². The van der Waals surface area contributed by atoms with Crippen molar-refractivity contribution in [3.63, 3.8) is 0 Å². The molecule has 0 atom stereocenters. The normalized spacial score (nSPS) is 21.7. The molecule has 0 aliphatic carbocycles. The lowest BCUT2D eigenvalue weighted by molar-refractivity contribution is -0.114. The van der Waals surface area contributed by atoms with E-state index >= 15 is 0 Å². The number of imide groups is 1. The van der Waals surface area contributed by atoms with E-state index in [1.807, 2.05) is 5.32 Å². The molecule has 0 unspecified atom stereocenters. The van der Waals surface area contributed by atoms with Crippen LogP contribution in [0.1, 0.15) is 6.42 Å². The van der Waals surface area contributed by atoms with Crippen molar-refractivity contribution in [2.45, 2.75) is 6.42 Å². The molecule has 0 saturated heterocycles. The molecule has 0 aromatic heterocycles. The third-order valence-corrected chi connectivity index (χ3v) is 1.57. The van der Waals surface area contributed by atoms with E-state index in [9.17, 15) is 9.59 Å². The Kier molecular flexibility index (Phi) is 1.39. The summed E-state index contributed by atoms with van der Waals surface area (Å²) in [4.78, 5) is 25.1. The van der Waals surface area contributed by atoms with Crippen LogP contribution in [0.3, 0.4) is 0 Å². The van der Waals surface area contributed by atoms with E-state index in [2.05, 4.69) is 10.1 Å². The molecule has 0 aromatic rings. The number of hydrazone groups is 1. The van der Waals surface area contributed by atoms with E-state index in [-0.39, 0.29) is 5.84 Å². The molecule has 0 radical (unpaired) electrons. The van der Waals surface area contributed by atoms with Crippen molar-refractivity contribution < 1.29 is 9.59 Å². The van der Waals surface area contributed by atoms with Gasteiger partial charge in [-0.15, -0.1) is 0 Å². The standard InChI is InChI=1S/C6H6N4O2/c11-5-4(8-6(12)9-5)10-3-1-2-7-10/h2H,1,3H2,(H,9,11,12). The van der Waals surface area contributed by atoms with E-state index in [0.717, 1.165) is 6.42 Å². The van der Waals surface area contributed by atoms with Crippen LogP contribution in [0.25, 0.3) is 0 Å². The number of amides is 3. The van der Waals surface area contributed by atoms with Gasteiger partial charge in [0, 0.05) is 19.2 Å². The van der Waals surface area contributed by atoms with Crippen LogP contribution in [0.2, 0.25) is 0 Å². The maximum Gasteiger partial charge on any atom is 0.350 e. The molecular formula is C6H6N4O2. The topological polar surface area (TPSA) is 74.1 Å². The Balaban J connectivity index is 2.22. The van der Waals surface area contributed by atoms with Crippen LogP contribution in [0, 0.1) is 0 Å². The highest BCUT2D eigenvalue weighted by Crippen LogP contribution is 2.05. The molecule has 0 fully saturated rings. The summed E-state index contributed by atoms with van der Waals surface area (Å²) in [5.74, 6) is -0.382. The second-order valence-corrected chi connectivity index (χ2v) is 2.40. The quantitative estimate of drug-likeness (QED) is 0.518. The minimum Gasteiger partial charge on any atom is -0.269 e. The van der Waals surface area contributed by atoms with Crippen molar-refractivity contribution in [3.05, 3.63) is 0 Å². The number of hydrogen-bond donors (Lipinski definition) is 1. The number of carbonyl (C=O) groups is 2. The lowest BCUT2D eigenvalue weighted by Gasteiger charge is -2.09. The fraction of sp³-hybridized carbons (Fsp3) is 0.333. The van der Waals surface area contributed by atoms with E-state index in [1.165, 1.54) is 5.01 Å². The van der Waals surface area contributed by atoms with Crippen LogP contribution in [-0.4, -0.2) is 35.5 Å². The predicted octanol–water partition coefficient (Wildman–Crippen LogP) is -0.674. The van der Waals surface area contributed by atoms with Crippen LogP contribution in [0.5, 0.6) is 0 Å². The van der Waals surface area contributed by atoms with Gasteiger partial charge in [0.2, 0.25) is 5.84 Å². The number of hydrogen-bond acceptors (Lipinski definition) is 4. The molecule has 2 aliphatic rings. The number of aliphatic imine (C=N–C) groups is 1. The van der Waals surface area contributed by atoms with Gasteiger partial charge in [0.15, 0.2) is 0 Å². The monoisotopic (exact) mass is 166 g/mol. The molecule has 2 rings (SSSR count). The zero-order chi connectivity index (χ0) is 8.55. The number of urea groups is 1. The van der Waals surface area contributed by atoms with Gasteiger partial charge in [0.25, 0.3) is 5.91 Å². The predicted molar refractivity (Wildman–Crippen MR) is 40.8 cm³/mol. The number of rotatable bonds is 0. The summed E-state index contributed by atoms with van der Waals surface area (Å²) in [5.41, 5.74) is 0. The number of carbonyl (C=O) groups excluding carboxylic acids is 2. The molecule has 0 spiro atoms. The fourth-order valence-corrected chi connectivity index (χ4v) is 1.06. The van der Waals surface area contributed by atoms with E-state index < -0.39 is 11.9 Å². The third-order valence-electron chi connectivity index (χ3n) is 1.57. The maximum absolute atomic E-state index is 11.0. The van der Waals surface area contributed by atoms with E-state index in [1.54, 1.807) is 6.21 Å². The molecule has 0 bridgehead atoms. The SMILES string of the molecule is O=C1N=C(N2CCC=N2)C(=O)N1. The molecular weight excluding hydrogens is 160 g/mol. The van der Waals surface area contributed by atoms with Crippen molar-refractivity contribution in [2.24, 2.45) is 10.1 Å². The molecule has 2 aliphatic heterocycles. The molecule has 1 N–H and O–H groups in total. The highest BCUT2D eigenvalue weighted by molar-refractivity contribution is 6.45. The van der Waals surface area contributed by atoms with Gasteiger partial charge in [-0.25, -0.2) is 9.80 Å². The Bertz CT molecular complexity index is 307. The first-order valence-corrected chi connectivity index (χ1v) is 3.51. The van der Waals surface area contributed by atoms with Gasteiger partial charge < -0.3 is 0 Å². The van der Waals surface area contributed by atoms with Gasteiger partial charge in [-0.2, -0.15) is 10.1 Å². The first-order valence-electron chi connectivity index (χ1n) is 3.51. The van der Waals surface area contributed by atoms with E-state index in [4.69, 9.17) is 0 Å². The Morgan fingerprint density at radius 1 is 1.50 bits per heavy atom. The van der Waals surface area contributed by atoms with Gasteiger partial charge in [0.05, 0.1) is 0 Å². The molecule has 6 heteroatoms. The van der Waals surface area contributed by atoms with Crippen molar-refractivity contribution >= 4 is 24.0 Å². The Morgan fingerprint density at radius 2 is 2.33 bits per heavy atom. The summed E-state index contributed by atoms with van der Waals surface area (Å²) in [7, 11) is 0. The van der Waals surface area contributed by atoms with Crippen LogP contribution < -0.4 is 5.32 Å². The van der Waals surface area contributed by atoms with Crippen molar-refractivity contribution in [1.29, 1.82) is 0 Å². The van der Waals surface area contributed by atoms with Crippen LogP contribution in [-0.2, 0) is 4.79 Å². The molecule has 0 aromatic carbocycles. The second kappa shape index (κ2) is 2.40. The summed E-state index contributed by atoms with van der Waals surface area (Å²) < 4.78 is 0. The summed E-state index contributed by atoms with van der Waals surface area (Å²) in [6, 6.07) is -0.614. The molecule has 0 saturated carbocycles. The van der Waals surface area contributed by atoms with Gasteiger partial charge >= 0.3 is 6.03 Å². The van der Waals surface area contributed by atoms with Crippen molar-refractivity contribution in [2.75, 3.05) is 6.54 Å². The lowest BCUT2D eigenvalue weighted by Crippen LogP contribution is -2.34. The summed E-state index contributed by atoms with van der Waals surface area (Å²) in [5, 5.41) is 7.33. The minimum absolute atomic E-state index is 0.0914. The average molecular weight is 166 g/mol. The number of nitrogens with zero attached hydrogens (tertiary/aromatic N) is 3. The maximum atomic E-state index is 11.0. The lowest BCUT2D eigenvalue weighted by atomic mass is 10.4. The first kappa shape index (κ1) is 6.96. The number of amidine groups is 1. The molecule has 3 amide bonds. The Hall–Kier alpha value is -1.72. The highest BCUT2D eigenvalue weighted by atomic mass is 16.2. The number of nitrogens with one attached hydrogen (secondary N) is 1. The minimum atomic E-state index is -0.614. The molecule has 6 nitrogen and oxygen atoms in total. The second-order valence-electron chi connectivity index (χ2n) is 2.40. The Morgan fingerprint density at radius 3 is 2.83 bits per heavy atom. The van der Waals surface area contributed by atoms with Gasteiger partial charge in [-0.3, -0.25) is 10.1 Å². The van der Waals surface area contributed by atoms with Gasteiger partial charge in [-0.05, 0) is 0 Å². The Labute approximate surface area is 67.9 Å². The highest BCUT2D eigenvalue weighted by Gasteiger charge is 2.28. The average Bonchev–Trinajstić information content (AvgIpc) is 2.58. The summed E-state index contributed by atoms with van der Waals surface area (Å²) >= 11 is 0. The first-order chi connectivity index (χ1) is 5.77. The molecule has 2 heterocycles. The van der Waals surface area contributed by atoms with E-state index in [0.29, 0.717) is 6.54 Å². The van der Waals surface area contributed by atoms with Crippen LogP contribution in [0.4, 0.5) is 4.79 Å². The van der Waals surface area contributed by atoms with Crippen LogP contribution in [0.15, 0.2) is 10.1 Å². The fourth-order valence-electron chi connectivity index (χ4n) is 1.06. The largest absolute Gasteiger partial charge is 0.350 e. The zero-order valence-electron chi connectivity index (χ0n) is 6.15. The smallest absolute Gasteiger partial charge is 0.269 e. The van der Waals surface area contributed by atoms with Crippen molar-refractivity contribution in [3.8, 4) is 0 Å².